The zero-order valence-electron chi connectivity index (χ0n) is 13.4. The van der Waals surface area contributed by atoms with Crippen LogP contribution in [0.15, 0.2) is 33.2 Å². The fourth-order valence-corrected chi connectivity index (χ4v) is 2.56. The maximum Gasteiger partial charge on any atom is 0.352 e. The zero-order chi connectivity index (χ0) is 17.3. The van der Waals surface area contributed by atoms with Gasteiger partial charge in [0.1, 0.15) is 0 Å². The summed E-state index contributed by atoms with van der Waals surface area (Å²) in [6.07, 6.45) is 1.59. The van der Waals surface area contributed by atoms with Crippen molar-refractivity contribution in [2.24, 2.45) is 15.0 Å². The number of carbonyl (C=O) groups excluding carboxylic acids is 3. The fraction of sp³-hybridized carbons (Fsp3) is 0.375. The van der Waals surface area contributed by atoms with Gasteiger partial charge >= 0.3 is 6.03 Å². The van der Waals surface area contributed by atoms with Crippen LogP contribution in [0.2, 0.25) is 0 Å². The number of aliphatic imine (C=N–C) groups is 1. The van der Waals surface area contributed by atoms with E-state index in [0.717, 1.165) is 17.7 Å². The van der Waals surface area contributed by atoms with Crippen LogP contribution in [0.3, 0.4) is 0 Å². The van der Waals surface area contributed by atoms with Crippen LogP contribution < -0.4 is 16.0 Å². The average Bonchev–Trinajstić information content (AvgIpc) is 2.52. The third kappa shape index (κ3) is 2.94. The van der Waals surface area contributed by atoms with Crippen molar-refractivity contribution in [1.29, 1.82) is 0 Å². The van der Waals surface area contributed by atoms with E-state index in [1.54, 1.807) is 18.2 Å². The number of amidine groups is 1. The molecule has 8 nitrogen and oxygen atoms in total. The van der Waals surface area contributed by atoms with E-state index < -0.39 is 18.0 Å². The minimum atomic E-state index is -0.876. The number of carbonyl (C=O) groups is 3. The minimum Gasteiger partial charge on any atom is -0.326 e. The number of nitrogens with zero attached hydrogens (tertiary/aromatic N) is 4. The lowest BCUT2D eigenvalue weighted by Gasteiger charge is -2.27. The molecule has 0 radical (unpaired) electrons. The molecule has 1 N–H and O–H groups in total. The topological polar surface area (TPSA) is 104 Å². The Morgan fingerprint density at radius 1 is 1.25 bits per heavy atom. The molecule has 1 unspecified atom stereocenters. The van der Waals surface area contributed by atoms with Gasteiger partial charge in [0.25, 0.3) is 5.91 Å². The number of unbranched alkanes of at least 4 members (excludes halogenated alkanes) is 1. The molecule has 4 amide bonds. The number of anilines is 1. The molecule has 2 aliphatic rings. The van der Waals surface area contributed by atoms with E-state index >= 15 is 0 Å². The Morgan fingerprint density at radius 2 is 2.04 bits per heavy atom. The van der Waals surface area contributed by atoms with Crippen LogP contribution in [0.1, 0.15) is 26.7 Å². The normalized spacial score (nSPS) is 18.8. The van der Waals surface area contributed by atoms with Crippen LogP contribution in [0.25, 0.3) is 0 Å². The molecule has 1 atom stereocenters. The third-order valence-electron chi connectivity index (χ3n) is 3.72. The van der Waals surface area contributed by atoms with E-state index in [1.165, 1.54) is 6.92 Å². The van der Waals surface area contributed by atoms with Gasteiger partial charge in [-0.25, -0.2) is 9.79 Å². The second-order valence-electron chi connectivity index (χ2n) is 5.62. The number of hydrogen-bond acceptors (Lipinski definition) is 5. The van der Waals surface area contributed by atoms with Gasteiger partial charge in [-0.15, -0.1) is 0 Å². The van der Waals surface area contributed by atoms with Crippen LogP contribution in [0.4, 0.5) is 10.5 Å². The summed E-state index contributed by atoms with van der Waals surface area (Å²) in [5, 5.41) is 3.66. The largest absolute Gasteiger partial charge is 0.352 e. The van der Waals surface area contributed by atoms with E-state index in [2.05, 4.69) is 20.3 Å². The SMILES string of the molecule is CCCCN1C(=O)N=C2N=c3cc(NC(C)=O)ccc3=NC2C1=O. The first-order chi connectivity index (χ1) is 11.5. The second kappa shape index (κ2) is 6.31. The first-order valence-electron chi connectivity index (χ1n) is 7.77. The fourth-order valence-electron chi connectivity index (χ4n) is 2.56. The molecular weight excluding hydrogens is 310 g/mol. The second-order valence-corrected chi connectivity index (χ2v) is 5.62. The summed E-state index contributed by atoms with van der Waals surface area (Å²) in [5.41, 5.74) is 0.567. The molecule has 2 aliphatic heterocycles. The van der Waals surface area contributed by atoms with Crippen molar-refractivity contribution < 1.29 is 14.4 Å². The molecule has 0 saturated carbocycles. The maximum atomic E-state index is 12.5. The molecule has 0 aliphatic carbocycles. The van der Waals surface area contributed by atoms with Gasteiger partial charge in [0.05, 0.1) is 10.7 Å². The molecule has 8 heteroatoms. The molecule has 0 saturated heterocycles. The van der Waals surface area contributed by atoms with Gasteiger partial charge in [0.2, 0.25) is 5.91 Å². The highest BCUT2D eigenvalue weighted by Crippen LogP contribution is 2.14. The zero-order valence-corrected chi connectivity index (χ0v) is 13.4. The monoisotopic (exact) mass is 327 g/mol. The molecular formula is C16H17N5O3. The van der Waals surface area contributed by atoms with Crippen molar-refractivity contribution in [3.05, 3.63) is 28.9 Å². The Bertz CT molecular complexity index is 874. The molecule has 0 aromatic heterocycles. The number of hydrogen-bond donors (Lipinski definition) is 1. The van der Waals surface area contributed by atoms with Crippen molar-refractivity contribution in [1.82, 2.24) is 4.90 Å². The van der Waals surface area contributed by atoms with Crippen LogP contribution in [-0.2, 0) is 9.59 Å². The Morgan fingerprint density at radius 3 is 2.75 bits per heavy atom. The van der Waals surface area contributed by atoms with E-state index in [-0.39, 0.29) is 11.7 Å². The van der Waals surface area contributed by atoms with Crippen LogP contribution in [0, 0.1) is 0 Å². The third-order valence-corrected chi connectivity index (χ3v) is 3.72. The number of urea groups is 1. The number of amides is 4. The quantitative estimate of drug-likeness (QED) is 0.867. The average molecular weight is 327 g/mol. The maximum absolute atomic E-state index is 12.5. The molecule has 1 aromatic carbocycles. The van der Waals surface area contributed by atoms with E-state index in [0.29, 0.717) is 22.9 Å². The summed E-state index contributed by atoms with van der Waals surface area (Å²) in [6, 6.07) is 3.53. The van der Waals surface area contributed by atoms with Gasteiger partial charge in [0, 0.05) is 19.2 Å². The summed E-state index contributed by atoms with van der Waals surface area (Å²) in [7, 11) is 0. The van der Waals surface area contributed by atoms with Crippen molar-refractivity contribution in [3.63, 3.8) is 0 Å². The highest BCUT2D eigenvalue weighted by Gasteiger charge is 2.38. The first-order valence-corrected chi connectivity index (χ1v) is 7.77. The Hall–Kier alpha value is -2.90. The van der Waals surface area contributed by atoms with Crippen LogP contribution in [0.5, 0.6) is 0 Å². The smallest absolute Gasteiger partial charge is 0.326 e. The Kier molecular flexibility index (Phi) is 4.20. The molecule has 0 spiro atoms. The summed E-state index contributed by atoms with van der Waals surface area (Å²) in [5.74, 6) is -0.489. The van der Waals surface area contributed by atoms with Crippen molar-refractivity contribution in [2.75, 3.05) is 11.9 Å². The van der Waals surface area contributed by atoms with Gasteiger partial charge < -0.3 is 5.32 Å². The molecule has 0 bridgehead atoms. The standard InChI is InChI=1S/C16H17N5O3/c1-3-4-7-21-15(23)13-14(20-16(21)24)19-12-8-10(17-9(2)22)5-6-11(12)18-13/h5-6,8,13H,3-4,7H2,1-2H3,(H,17,22). The van der Waals surface area contributed by atoms with E-state index in [1.807, 2.05) is 6.92 Å². The van der Waals surface area contributed by atoms with Gasteiger partial charge in [-0.05, 0) is 24.6 Å². The predicted molar refractivity (Wildman–Crippen MR) is 86.3 cm³/mol. The Labute approximate surface area is 138 Å². The molecule has 24 heavy (non-hydrogen) atoms. The van der Waals surface area contributed by atoms with Crippen LogP contribution >= 0.6 is 0 Å². The number of fused-ring (bicyclic) bond motifs is 2. The molecule has 1 aromatic rings. The van der Waals surface area contributed by atoms with Crippen molar-refractivity contribution >= 4 is 29.4 Å². The van der Waals surface area contributed by atoms with Gasteiger partial charge in [-0.2, -0.15) is 4.99 Å². The first kappa shape index (κ1) is 16.0. The summed E-state index contributed by atoms with van der Waals surface area (Å²) in [6.45, 7) is 3.73. The minimum absolute atomic E-state index is 0.102. The molecule has 3 rings (SSSR count). The van der Waals surface area contributed by atoms with E-state index in [4.69, 9.17) is 0 Å². The lowest BCUT2D eigenvalue weighted by atomic mass is 10.1. The molecule has 124 valence electrons. The highest BCUT2D eigenvalue weighted by atomic mass is 16.2. The summed E-state index contributed by atoms with van der Waals surface area (Å²) >= 11 is 0. The van der Waals surface area contributed by atoms with Crippen molar-refractivity contribution in [2.45, 2.75) is 32.7 Å². The Balaban J connectivity index is 2.00. The number of imide groups is 1. The highest BCUT2D eigenvalue weighted by molar-refractivity contribution is 6.19. The van der Waals surface area contributed by atoms with Gasteiger partial charge in [0.15, 0.2) is 11.9 Å². The molecule has 0 fully saturated rings. The predicted octanol–water partition coefficient (Wildman–Crippen LogP) is 0.427. The van der Waals surface area contributed by atoms with Gasteiger partial charge in [-0.3, -0.25) is 19.5 Å². The van der Waals surface area contributed by atoms with Gasteiger partial charge in [-0.1, -0.05) is 13.3 Å². The number of rotatable bonds is 4. The summed E-state index contributed by atoms with van der Waals surface area (Å²) in [4.78, 5) is 49.4. The lowest BCUT2D eigenvalue weighted by molar-refractivity contribution is -0.128. The number of benzene rings is 1. The number of nitrogens with one attached hydrogen (secondary N) is 1. The van der Waals surface area contributed by atoms with E-state index in [9.17, 15) is 14.4 Å². The molecule has 2 heterocycles. The van der Waals surface area contributed by atoms with Crippen molar-refractivity contribution in [3.8, 4) is 0 Å². The van der Waals surface area contributed by atoms with Crippen LogP contribution in [-0.4, -0.2) is 41.2 Å². The lowest BCUT2D eigenvalue weighted by Crippen LogP contribution is -2.52. The summed E-state index contributed by atoms with van der Waals surface area (Å²) < 4.78 is 0.